The van der Waals surface area contributed by atoms with E-state index in [0.29, 0.717) is 22.3 Å². The summed E-state index contributed by atoms with van der Waals surface area (Å²) < 4.78 is 9.25. The van der Waals surface area contributed by atoms with E-state index in [2.05, 4.69) is 15.9 Å². The molecule has 180 valence electrons. The Morgan fingerprint density at radius 2 is 2.00 bits per heavy atom. The van der Waals surface area contributed by atoms with Gasteiger partial charge in [0, 0.05) is 46.8 Å². The number of likely N-dealkylation sites (tertiary alicyclic amines) is 1. The van der Waals surface area contributed by atoms with Gasteiger partial charge in [-0.05, 0) is 50.0 Å². The molecule has 2 aromatic rings. The zero-order chi connectivity index (χ0) is 23.7. The number of carbonyl (C=O) groups excluding carboxylic acids is 2. The molecule has 9 heteroatoms. The summed E-state index contributed by atoms with van der Waals surface area (Å²) in [5.41, 5.74) is 1.89. The molecule has 3 aliphatic heterocycles. The molecule has 6 nitrogen and oxygen atoms in total. The minimum atomic E-state index is -0.0676. The third-order valence-electron chi connectivity index (χ3n) is 6.71. The second-order valence-electron chi connectivity index (χ2n) is 9.10. The van der Waals surface area contributed by atoms with Gasteiger partial charge in [-0.25, -0.2) is 0 Å². The van der Waals surface area contributed by atoms with Crippen LogP contribution in [0.15, 0.2) is 33.8 Å². The second kappa shape index (κ2) is 10.5. The van der Waals surface area contributed by atoms with Crippen molar-refractivity contribution in [2.75, 3.05) is 26.2 Å². The fraction of sp³-hybridized carbons (Fsp3) is 0.480. The van der Waals surface area contributed by atoms with E-state index in [1.807, 2.05) is 39.9 Å². The summed E-state index contributed by atoms with van der Waals surface area (Å²) in [5.74, 6) is 0.0817. The number of carbonyl (C=O) groups is 2. The Kier molecular flexibility index (Phi) is 7.44. The predicted molar refractivity (Wildman–Crippen MR) is 144 cm³/mol. The zero-order valence-corrected chi connectivity index (χ0v) is 22.2. The quantitative estimate of drug-likeness (QED) is 0.371. The molecule has 3 aliphatic rings. The first-order chi connectivity index (χ1) is 16.5. The van der Waals surface area contributed by atoms with Crippen LogP contribution >= 0.6 is 39.9 Å². The average molecular weight is 563 g/mol. The molecule has 4 heterocycles. The largest absolute Gasteiger partial charge is 0.376 e. The lowest BCUT2D eigenvalue weighted by atomic mass is 10.1. The molecule has 0 N–H and O–H groups in total. The number of thiocarbonyl (C=S) groups is 1. The molecule has 34 heavy (non-hydrogen) atoms. The van der Waals surface area contributed by atoms with Gasteiger partial charge in [0.2, 0.25) is 5.91 Å². The summed E-state index contributed by atoms with van der Waals surface area (Å²) in [6.07, 6.45) is 10.5. The van der Waals surface area contributed by atoms with Crippen molar-refractivity contribution in [3.05, 3.63) is 39.3 Å². The van der Waals surface area contributed by atoms with Gasteiger partial charge in [0.15, 0.2) is 0 Å². The smallest absolute Gasteiger partial charge is 0.266 e. The van der Waals surface area contributed by atoms with Gasteiger partial charge >= 0.3 is 0 Å². The Hall–Kier alpha value is -1.68. The Morgan fingerprint density at radius 3 is 2.74 bits per heavy atom. The molecule has 0 bridgehead atoms. The number of benzene rings is 1. The second-order valence-corrected chi connectivity index (χ2v) is 11.7. The highest BCUT2D eigenvalue weighted by molar-refractivity contribution is 9.10. The van der Waals surface area contributed by atoms with Gasteiger partial charge in [-0.1, -0.05) is 52.8 Å². The average Bonchev–Trinajstić information content (AvgIpc) is 3.43. The monoisotopic (exact) mass is 561 g/mol. The van der Waals surface area contributed by atoms with Gasteiger partial charge < -0.3 is 14.2 Å². The van der Waals surface area contributed by atoms with Gasteiger partial charge in [-0.3, -0.25) is 14.5 Å². The van der Waals surface area contributed by atoms with Crippen LogP contribution in [0, 0.1) is 0 Å². The molecule has 0 spiro atoms. The molecule has 2 amide bonds. The van der Waals surface area contributed by atoms with Crippen molar-refractivity contribution in [1.29, 1.82) is 0 Å². The number of rotatable bonds is 5. The molecule has 0 unspecified atom stereocenters. The van der Waals surface area contributed by atoms with Gasteiger partial charge in [-0.15, -0.1) is 0 Å². The highest BCUT2D eigenvalue weighted by atomic mass is 79.9. The van der Waals surface area contributed by atoms with Gasteiger partial charge in [0.05, 0.1) is 17.6 Å². The maximum Gasteiger partial charge on any atom is 0.266 e. The number of ether oxygens (including phenoxy) is 1. The molecule has 0 aliphatic carbocycles. The minimum absolute atomic E-state index is 0.0599. The molecule has 1 atom stereocenters. The predicted octanol–water partition coefficient (Wildman–Crippen LogP) is 5.19. The van der Waals surface area contributed by atoms with Crippen molar-refractivity contribution < 1.29 is 14.3 Å². The molecule has 1 aromatic carbocycles. The van der Waals surface area contributed by atoms with E-state index in [-0.39, 0.29) is 17.9 Å². The van der Waals surface area contributed by atoms with Crippen molar-refractivity contribution in [2.45, 2.75) is 51.2 Å². The van der Waals surface area contributed by atoms with E-state index >= 15 is 0 Å². The summed E-state index contributed by atoms with van der Waals surface area (Å²) in [6.45, 7) is 3.23. The molecular formula is C25H28BrN3O3S2. The van der Waals surface area contributed by atoms with Gasteiger partial charge in [0.1, 0.15) is 10.9 Å². The summed E-state index contributed by atoms with van der Waals surface area (Å²) in [6, 6.07) is 6.05. The van der Waals surface area contributed by atoms with Crippen LogP contribution in [0.1, 0.15) is 44.1 Å². The lowest BCUT2D eigenvalue weighted by Gasteiger charge is -2.20. The third kappa shape index (κ3) is 5.12. The SMILES string of the molecule is O=C(Cn1cc(/C=C2\SC(=S)N(C[C@@H]3CCCO3)C2=O)c2cc(Br)ccc21)N1CCCCCC1. The topological polar surface area (TPSA) is 54.8 Å². The number of hydrogen-bond acceptors (Lipinski definition) is 5. The summed E-state index contributed by atoms with van der Waals surface area (Å²) >= 11 is 10.4. The molecule has 3 saturated heterocycles. The molecular weight excluding hydrogens is 534 g/mol. The molecule has 0 saturated carbocycles. The maximum atomic E-state index is 13.2. The third-order valence-corrected chi connectivity index (χ3v) is 8.58. The Balaban J connectivity index is 1.41. The van der Waals surface area contributed by atoms with Crippen LogP contribution in [0.2, 0.25) is 0 Å². The number of thioether (sulfide) groups is 1. The molecule has 0 radical (unpaired) electrons. The number of nitrogens with zero attached hydrogens (tertiary/aromatic N) is 3. The van der Waals surface area contributed by atoms with Crippen LogP contribution in [0.25, 0.3) is 17.0 Å². The standard InChI is InChI=1S/C25H28BrN3O3S2/c26-18-7-8-21-20(13-18)17(14-28(21)16-23(30)27-9-3-1-2-4-10-27)12-22-24(31)29(25(33)34-22)15-19-6-5-11-32-19/h7-8,12-14,19H,1-6,9-11,15-16H2/b22-12-/t19-/m0/s1. The number of amides is 2. The highest BCUT2D eigenvalue weighted by Gasteiger charge is 2.34. The van der Waals surface area contributed by atoms with Gasteiger partial charge in [-0.2, -0.15) is 0 Å². The van der Waals surface area contributed by atoms with E-state index < -0.39 is 0 Å². The van der Waals surface area contributed by atoms with E-state index in [4.69, 9.17) is 17.0 Å². The molecule has 1 aromatic heterocycles. The molecule has 5 rings (SSSR count). The van der Waals surface area contributed by atoms with E-state index in [0.717, 1.165) is 66.3 Å². The maximum absolute atomic E-state index is 13.2. The van der Waals surface area contributed by atoms with Crippen molar-refractivity contribution in [2.24, 2.45) is 0 Å². The summed E-state index contributed by atoms with van der Waals surface area (Å²) in [4.78, 5) is 30.5. The summed E-state index contributed by atoms with van der Waals surface area (Å²) in [5, 5.41) is 1.00. The highest BCUT2D eigenvalue weighted by Crippen LogP contribution is 2.35. The van der Waals surface area contributed by atoms with Crippen molar-refractivity contribution >= 4 is 73.0 Å². The first-order valence-corrected chi connectivity index (χ1v) is 13.9. The number of hydrogen-bond donors (Lipinski definition) is 0. The van der Waals surface area contributed by atoms with Crippen LogP contribution in [0.3, 0.4) is 0 Å². The molecule has 3 fully saturated rings. The van der Waals surface area contributed by atoms with Crippen molar-refractivity contribution in [1.82, 2.24) is 14.4 Å². The summed E-state index contributed by atoms with van der Waals surface area (Å²) in [7, 11) is 0. The van der Waals surface area contributed by atoms with Crippen molar-refractivity contribution in [3.8, 4) is 0 Å². The number of halogens is 1. The lowest BCUT2D eigenvalue weighted by molar-refractivity contribution is -0.131. The normalized spacial score (nSPS) is 22.9. The van der Waals surface area contributed by atoms with E-state index in [1.165, 1.54) is 24.6 Å². The first-order valence-electron chi connectivity index (χ1n) is 11.9. The van der Waals surface area contributed by atoms with Crippen LogP contribution < -0.4 is 0 Å². The van der Waals surface area contributed by atoms with E-state index in [9.17, 15) is 9.59 Å². The zero-order valence-electron chi connectivity index (χ0n) is 19.0. The first kappa shape index (κ1) is 24.0. The van der Waals surface area contributed by atoms with E-state index in [1.54, 1.807) is 4.90 Å². The van der Waals surface area contributed by atoms with Gasteiger partial charge in [0.25, 0.3) is 5.91 Å². The fourth-order valence-corrected chi connectivity index (χ4v) is 6.53. The fourth-order valence-electron chi connectivity index (χ4n) is 4.90. The van der Waals surface area contributed by atoms with Crippen LogP contribution in [-0.2, 0) is 20.9 Å². The van der Waals surface area contributed by atoms with Crippen LogP contribution in [-0.4, -0.2) is 62.8 Å². The Morgan fingerprint density at radius 1 is 1.21 bits per heavy atom. The lowest BCUT2D eigenvalue weighted by Crippen LogP contribution is -2.35. The van der Waals surface area contributed by atoms with Crippen LogP contribution in [0.4, 0.5) is 0 Å². The Labute approximate surface area is 217 Å². The number of fused-ring (bicyclic) bond motifs is 1. The minimum Gasteiger partial charge on any atom is -0.376 e. The van der Waals surface area contributed by atoms with Crippen molar-refractivity contribution in [3.63, 3.8) is 0 Å². The number of aromatic nitrogens is 1. The Bertz CT molecular complexity index is 1150. The van der Waals surface area contributed by atoms with Crippen LogP contribution in [0.5, 0.6) is 0 Å².